The first-order chi connectivity index (χ1) is 13.8. The summed E-state index contributed by atoms with van der Waals surface area (Å²) in [7, 11) is 0. The van der Waals surface area contributed by atoms with Crippen LogP contribution in [0.15, 0.2) is 18.2 Å². The van der Waals surface area contributed by atoms with Crippen molar-refractivity contribution in [1.82, 2.24) is 10.6 Å². The van der Waals surface area contributed by atoms with Crippen molar-refractivity contribution in [3.05, 3.63) is 24.0 Å². The quantitative estimate of drug-likeness (QED) is 0.309. The molecule has 0 spiro atoms. The average Bonchev–Trinajstić information content (AvgIpc) is 2.76. The van der Waals surface area contributed by atoms with Gasteiger partial charge in [-0.05, 0) is 19.1 Å². The lowest BCUT2D eigenvalue weighted by atomic mass is 10.0. The molecule has 30 heavy (non-hydrogen) atoms. The molecular formula is C17H19F4N3O6. The number of carbonyl (C=O) groups is 3. The third kappa shape index (κ3) is 5.57. The minimum absolute atomic E-state index is 0.0367. The van der Waals surface area contributed by atoms with Gasteiger partial charge in [0.25, 0.3) is 17.7 Å². The van der Waals surface area contributed by atoms with E-state index >= 15 is 0 Å². The van der Waals surface area contributed by atoms with Crippen molar-refractivity contribution in [2.75, 3.05) is 18.5 Å². The first kappa shape index (κ1) is 23.3. The summed E-state index contributed by atoms with van der Waals surface area (Å²) in [5.41, 5.74) is -3.02. The number of rotatable bonds is 6. The van der Waals surface area contributed by atoms with E-state index in [0.717, 1.165) is 12.1 Å². The number of ether oxygens (including phenoxy) is 1. The maximum Gasteiger partial charge on any atom is 0.405 e. The first-order valence-corrected chi connectivity index (χ1v) is 8.61. The minimum atomic E-state index is -4.77. The lowest BCUT2D eigenvalue weighted by Gasteiger charge is -2.28. The highest BCUT2D eigenvalue weighted by Gasteiger charge is 2.44. The van der Waals surface area contributed by atoms with E-state index in [-0.39, 0.29) is 17.9 Å². The highest BCUT2D eigenvalue weighted by atomic mass is 19.4. The van der Waals surface area contributed by atoms with E-state index < -0.39 is 60.6 Å². The molecule has 166 valence electrons. The average molecular weight is 437 g/mol. The van der Waals surface area contributed by atoms with Crippen LogP contribution in [0.5, 0.6) is 5.75 Å². The Balaban J connectivity index is 2.20. The number of nitrogens with one attached hydrogen (secondary N) is 3. The summed E-state index contributed by atoms with van der Waals surface area (Å²) in [6.07, 6.45) is -6.15. The zero-order chi connectivity index (χ0) is 22.7. The Hall–Kier alpha value is -2.93. The Labute approximate surface area is 167 Å². The van der Waals surface area contributed by atoms with Crippen LogP contribution in [0, 0.1) is 5.82 Å². The largest absolute Gasteiger partial charge is 0.485 e. The van der Waals surface area contributed by atoms with Gasteiger partial charge in [-0.1, -0.05) is 0 Å². The van der Waals surface area contributed by atoms with Crippen LogP contribution in [0.25, 0.3) is 0 Å². The molecule has 9 nitrogen and oxygen atoms in total. The molecule has 13 heteroatoms. The van der Waals surface area contributed by atoms with Gasteiger partial charge in [-0.15, -0.1) is 0 Å². The monoisotopic (exact) mass is 437 g/mol. The lowest BCUT2D eigenvalue weighted by Crippen LogP contribution is -2.61. The van der Waals surface area contributed by atoms with Crippen LogP contribution in [0.3, 0.4) is 0 Å². The zero-order valence-electron chi connectivity index (χ0n) is 15.5. The Morgan fingerprint density at radius 2 is 1.93 bits per heavy atom. The summed E-state index contributed by atoms with van der Waals surface area (Å²) < 4.78 is 55.7. The van der Waals surface area contributed by atoms with E-state index in [1.807, 2.05) is 5.32 Å². The van der Waals surface area contributed by atoms with Gasteiger partial charge in [-0.3, -0.25) is 14.4 Å². The molecule has 3 atom stereocenters. The van der Waals surface area contributed by atoms with E-state index in [1.165, 1.54) is 11.4 Å². The molecule has 5 N–H and O–H groups in total. The summed E-state index contributed by atoms with van der Waals surface area (Å²) in [6, 6.07) is 1.64. The Morgan fingerprint density at radius 1 is 1.27 bits per heavy atom. The van der Waals surface area contributed by atoms with Crippen LogP contribution >= 0.6 is 0 Å². The number of hydrogen-bond donors (Lipinski definition) is 5. The number of aliphatic hydroxyl groups is 2. The van der Waals surface area contributed by atoms with E-state index in [2.05, 4.69) is 5.32 Å². The number of benzene rings is 1. The summed E-state index contributed by atoms with van der Waals surface area (Å²) in [5, 5.41) is 25.0. The molecular weight excluding hydrogens is 418 g/mol. The number of alkyl halides is 3. The van der Waals surface area contributed by atoms with Gasteiger partial charge in [0.1, 0.15) is 30.3 Å². The fraction of sp³-hybridized carbons (Fsp3) is 0.471. The van der Waals surface area contributed by atoms with Crippen LogP contribution in [0.1, 0.15) is 13.3 Å². The van der Waals surface area contributed by atoms with Crippen molar-refractivity contribution in [3.63, 3.8) is 0 Å². The predicted octanol–water partition coefficient (Wildman–Crippen LogP) is -0.178. The summed E-state index contributed by atoms with van der Waals surface area (Å²) >= 11 is 0. The maximum absolute atomic E-state index is 13.4. The van der Waals surface area contributed by atoms with Crippen molar-refractivity contribution >= 4 is 23.4 Å². The van der Waals surface area contributed by atoms with E-state index in [4.69, 9.17) is 4.74 Å². The molecule has 0 saturated carbocycles. The maximum atomic E-state index is 13.4. The van der Waals surface area contributed by atoms with Crippen molar-refractivity contribution in [3.8, 4) is 5.75 Å². The van der Waals surface area contributed by atoms with Gasteiger partial charge in [0.2, 0.25) is 5.60 Å². The summed E-state index contributed by atoms with van der Waals surface area (Å²) in [6.45, 7) is -1.62. The molecule has 0 aliphatic carbocycles. The van der Waals surface area contributed by atoms with E-state index in [1.54, 1.807) is 0 Å². The smallest absolute Gasteiger partial charge is 0.405 e. The number of fused-ring (bicyclic) bond motifs is 1. The molecule has 0 bridgehead atoms. The molecule has 1 aliphatic rings. The van der Waals surface area contributed by atoms with Gasteiger partial charge in [0.05, 0.1) is 5.69 Å². The van der Waals surface area contributed by atoms with Crippen molar-refractivity contribution in [2.24, 2.45) is 0 Å². The molecule has 2 rings (SSSR count). The number of aliphatic hydroxyl groups excluding tert-OH is 1. The molecule has 0 fully saturated rings. The van der Waals surface area contributed by atoms with Gasteiger partial charge >= 0.3 is 6.18 Å². The standard InChI is InChI=1S/C17H19F4N3O6/c1-16(29,14(27)22-7-17(19,20)21)15(28)24-12-11(4-5-25)30-10-3-2-8(18)6-9(10)23-13(12)26/h2-3,6,11-12,25,29H,4-5,7H2,1H3,(H,22,27)(H,23,26)(H,24,28)/t11?,12-,16?/m1/s1. The second-order valence-corrected chi connectivity index (χ2v) is 6.62. The lowest BCUT2D eigenvalue weighted by molar-refractivity contribution is -0.158. The third-order valence-electron chi connectivity index (χ3n) is 4.17. The first-order valence-electron chi connectivity index (χ1n) is 8.61. The Bertz CT molecular complexity index is 830. The SMILES string of the molecule is CC(O)(C(=O)NCC(F)(F)F)C(=O)N[C@H]1C(=O)Nc2cc(F)ccc2OC1CCO. The molecule has 0 radical (unpaired) electrons. The molecule has 3 amide bonds. The van der Waals surface area contributed by atoms with Crippen molar-refractivity contribution in [2.45, 2.75) is 37.3 Å². The van der Waals surface area contributed by atoms with Crippen LogP contribution in [-0.2, 0) is 14.4 Å². The zero-order valence-corrected chi connectivity index (χ0v) is 15.5. The van der Waals surface area contributed by atoms with Crippen molar-refractivity contribution < 1.29 is 46.9 Å². The van der Waals surface area contributed by atoms with Crippen LogP contribution in [0.2, 0.25) is 0 Å². The molecule has 1 aromatic carbocycles. The number of carbonyl (C=O) groups excluding carboxylic acids is 3. The van der Waals surface area contributed by atoms with Gasteiger partial charge in [-0.2, -0.15) is 13.2 Å². The summed E-state index contributed by atoms with van der Waals surface area (Å²) in [4.78, 5) is 36.7. The fourth-order valence-electron chi connectivity index (χ4n) is 2.56. The molecule has 0 saturated heterocycles. The Morgan fingerprint density at radius 3 is 2.53 bits per heavy atom. The molecule has 1 aliphatic heterocycles. The van der Waals surface area contributed by atoms with Crippen molar-refractivity contribution in [1.29, 1.82) is 0 Å². The normalized spacial score (nSPS) is 20.7. The number of amides is 3. The van der Waals surface area contributed by atoms with Gasteiger partial charge < -0.3 is 30.9 Å². The van der Waals surface area contributed by atoms with Gasteiger partial charge in [0, 0.05) is 19.1 Å². The van der Waals surface area contributed by atoms with Crippen LogP contribution in [-0.4, -0.2) is 65.0 Å². The topological polar surface area (TPSA) is 137 Å². The number of hydrogen-bond acceptors (Lipinski definition) is 6. The van der Waals surface area contributed by atoms with Gasteiger partial charge in [-0.25, -0.2) is 4.39 Å². The predicted molar refractivity (Wildman–Crippen MR) is 92.8 cm³/mol. The molecule has 2 unspecified atom stereocenters. The second kappa shape index (κ2) is 8.83. The molecule has 1 heterocycles. The van der Waals surface area contributed by atoms with Gasteiger partial charge in [0.15, 0.2) is 0 Å². The number of halogens is 4. The van der Waals surface area contributed by atoms with Crippen LogP contribution < -0.4 is 20.7 Å². The van der Waals surface area contributed by atoms with E-state index in [9.17, 15) is 42.2 Å². The second-order valence-electron chi connectivity index (χ2n) is 6.62. The minimum Gasteiger partial charge on any atom is -0.485 e. The highest BCUT2D eigenvalue weighted by Crippen LogP contribution is 2.30. The van der Waals surface area contributed by atoms with E-state index in [0.29, 0.717) is 6.92 Å². The third-order valence-corrected chi connectivity index (χ3v) is 4.17. The summed E-state index contributed by atoms with van der Waals surface area (Å²) in [5.74, 6) is -4.70. The molecule has 1 aromatic rings. The fourth-order valence-corrected chi connectivity index (χ4v) is 2.56. The Kier molecular flexibility index (Phi) is 6.87. The van der Waals surface area contributed by atoms with Crippen LogP contribution in [0.4, 0.5) is 23.2 Å². The number of anilines is 1. The molecule has 0 aromatic heterocycles. The highest BCUT2D eigenvalue weighted by molar-refractivity contribution is 6.09.